The number of aryl methyl sites for hydroxylation is 2. The summed E-state index contributed by atoms with van der Waals surface area (Å²) in [5.74, 6) is -0.969. The zero-order chi connectivity index (χ0) is 22.1. The molecule has 0 saturated carbocycles. The highest BCUT2D eigenvalue weighted by Crippen LogP contribution is 2.42. The van der Waals surface area contributed by atoms with Gasteiger partial charge in [0.05, 0.1) is 18.7 Å². The number of ketones is 1. The number of pyridine rings is 1. The van der Waals surface area contributed by atoms with Crippen LogP contribution in [-0.4, -0.2) is 28.9 Å². The van der Waals surface area contributed by atoms with Gasteiger partial charge in [-0.2, -0.15) is 0 Å². The molecule has 0 spiro atoms. The van der Waals surface area contributed by atoms with E-state index in [1.807, 2.05) is 32.0 Å². The Morgan fingerprint density at radius 3 is 2.32 bits per heavy atom. The first-order valence-electron chi connectivity index (χ1n) is 9.85. The molecule has 0 radical (unpaired) electrons. The summed E-state index contributed by atoms with van der Waals surface area (Å²) in [4.78, 5) is 31.7. The van der Waals surface area contributed by atoms with Crippen LogP contribution < -0.4 is 9.64 Å². The Bertz CT molecular complexity index is 1180. The molecule has 1 atom stereocenters. The Morgan fingerprint density at radius 1 is 1.00 bits per heavy atom. The third-order valence-corrected chi connectivity index (χ3v) is 5.47. The molecule has 0 aliphatic carbocycles. The molecular formula is C25H22N2O4. The second kappa shape index (κ2) is 8.07. The smallest absolute Gasteiger partial charge is 0.300 e. The Kier molecular flexibility index (Phi) is 5.29. The second-order valence-electron chi connectivity index (χ2n) is 7.47. The maximum absolute atomic E-state index is 13.2. The predicted molar refractivity (Wildman–Crippen MR) is 118 cm³/mol. The Hall–Kier alpha value is -3.93. The summed E-state index contributed by atoms with van der Waals surface area (Å²) in [7, 11) is 1.56. The summed E-state index contributed by atoms with van der Waals surface area (Å²) >= 11 is 0. The summed E-state index contributed by atoms with van der Waals surface area (Å²) < 4.78 is 5.20. The van der Waals surface area contributed by atoms with Crippen molar-refractivity contribution in [3.8, 4) is 5.75 Å². The quantitative estimate of drug-likeness (QED) is 0.390. The summed E-state index contributed by atoms with van der Waals surface area (Å²) in [6, 6.07) is 15.2. The lowest BCUT2D eigenvalue weighted by Crippen LogP contribution is -2.29. The van der Waals surface area contributed by atoms with E-state index in [2.05, 4.69) is 4.98 Å². The molecule has 4 rings (SSSR count). The molecule has 1 amide bonds. The van der Waals surface area contributed by atoms with E-state index in [1.54, 1.807) is 55.9 Å². The van der Waals surface area contributed by atoms with Crippen LogP contribution in [-0.2, 0) is 9.59 Å². The van der Waals surface area contributed by atoms with E-state index in [1.165, 1.54) is 4.90 Å². The molecule has 2 aromatic carbocycles. The molecule has 1 saturated heterocycles. The van der Waals surface area contributed by atoms with Gasteiger partial charge in [0, 0.05) is 23.6 Å². The number of aromatic nitrogens is 1. The minimum Gasteiger partial charge on any atom is -0.507 e. The second-order valence-corrected chi connectivity index (χ2v) is 7.47. The van der Waals surface area contributed by atoms with Crippen molar-refractivity contribution >= 4 is 23.1 Å². The van der Waals surface area contributed by atoms with Gasteiger partial charge in [0.1, 0.15) is 11.5 Å². The van der Waals surface area contributed by atoms with Crippen LogP contribution in [0.5, 0.6) is 5.75 Å². The number of hydrogen-bond acceptors (Lipinski definition) is 5. The highest BCUT2D eigenvalue weighted by molar-refractivity contribution is 6.51. The van der Waals surface area contributed by atoms with Crippen molar-refractivity contribution in [1.29, 1.82) is 0 Å². The number of carbonyl (C=O) groups is 2. The van der Waals surface area contributed by atoms with E-state index in [-0.39, 0.29) is 11.3 Å². The number of hydrogen-bond donors (Lipinski definition) is 1. The van der Waals surface area contributed by atoms with Gasteiger partial charge in [-0.3, -0.25) is 19.5 Å². The van der Waals surface area contributed by atoms with E-state index >= 15 is 0 Å². The summed E-state index contributed by atoms with van der Waals surface area (Å²) in [5, 5.41) is 11.2. The number of anilines is 1. The maximum Gasteiger partial charge on any atom is 0.300 e. The number of ether oxygens (including phenoxy) is 1. The van der Waals surface area contributed by atoms with Crippen molar-refractivity contribution < 1.29 is 19.4 Å². The molecule has 31 heavy (non-hydrogen) atoms. The van der Waals surface area contributed by atoms with Crippen LogP contribution in [0.1, 0.15) is 28.3 Å². The van der Waals surface area contributed by atoms with Crippen molar-refractivity contribution in [3.63, 3.8) is 0 Å². The van der Waals surface area contributed by atoms with Gasteiger partial charge in [-0.05, 0) is 67.4 Å². The van der Waals surface area contributed by atoms with Crippen LogP contribution >= 0.6 is 0 Å². The Morgan fingerprint density at radius 2 is 1.68 bits per heavy atom. The van der Waals surface area contributed by atoms with E-state index in [0.717, 1.165) is 11.1 Å². The zero-order valence-corrected chi connectivity index (χ0v) is 17.5. The van der Waals surface area contributed by atoms with Gasteiger partial charge in [-0.1, -0.05) is 17.7 Å². The normalized spacial score (nSPS) is 17.8. The van der Waals surface area contributed by atoms with Crippen molar-refractivity contribution in [2.45, 2.75) is 19.9 Å². The van der Waals surface area contributed by atoms with Gasteiger partial charge in [0.2, 0.25) is 0 Å². The summed E-state index contributed by atoms with van der Waals surface area (Å²) in [6.45, 7) is 3.77. The van der Waals surface area contributed by atoms with Crippen molar-refractivity contribution in [3.05, 3.63) is 94.8 Å². The van der Waals surface area contributed by atoms with Gasteiger partial charge in [0.25, 0.3) is 11.7 Å². The molecule has 1 N–H and O–H groups in total. The number of benzene rings is 2. The molecule has 2 heterocycles. The topological polar surface area (TPSA) is 79.7 Å². The van der Waals surface area contributed by atoms with Crippen LogP contribution in [0.2, 0.25) is 0 Å². The number of amides is 1. The summed E-state index contributed by atoms with van der Waals surface area (Å²) in [6.07, 6.45) is 3.20. The van der Waals surface area contributed by atoms with E-state index in [4.69, 9.17) is 4.74 Å². The average Bonchev–Trinajstić information content (AvgIpc) is 3.06. The van der Waals surface area contributed by atoms with Gasteiger partial charge in [-0.15, -0.1) is 0 Å². The largest absolute Gasteiger partial charge is 0.507 e. The molecule has 1 aliphatic heterocycles. The number of Topliss-reactive ketones (excluding diaryl/α,β-unsaturated/α-hetero) is 1. The SMILES string of the molecule is COc1ccc(N2C(=O)C(=O)/C(=C(/O)c3cc(C)ccc3C)C2c2ccncc2)cc1. The monoisotopic (exact) mass is 414 g/mol. The molecule has 1 fully saturated rings. The maximum atomic E-state index is 13.2. The van der Waals surface area contributed by atoms with Crippen LogP contribution in [0, 0.1) is 13.8 Å². The van der Waals surface area contributed by atoms with E-state index in [9.17, 15) is 14.7 Å². The zero-order valence-electron chi connectivity index (χ0n) is 17.5. The number of aliphatic hydroxyl groups is 1. The fraction of sp³-hybridized carbons (Fsp3) is 0.160. The number of carbonyl (C=O) groups excluding carboxylic acids is 2. The Balaban J connectivity index is 1.94. The molecule has 1 aliphatic rings. The summed E-state index contributed by atoms with van der Waals surface area (Å²) in [5.41, 5.74) is 3.55. The molecule has 6 nitrogen and oxygen atoms in total. The average molecular weight is 414 g/mol. The molecule has 3 aromatic rings. The van der Waals surface area contributed by atoms with E-state index in [0.29, 0.717) is 22.6 Å². The first-order valence-corrected chi connectivity index (χ1v) is 9.85. The molecule has 0 bridgehead atoms. The van der Waals surface area contributed by atoms with Gasteiger partial charge < -0.3 is 9.84 Å². The van der Waals surface area contributed by atoms with Crippen molar-refractivity contribution in [2.75, 3.05) is 12.0 Å². The van der Waals surface area contributed by atoms with Crippen molar-refractivity contribution in [1.82, 2.24) is 4.98 Å². The highest BCUT2D eigenvalue weighted by Gasteiger charge is 2.47. The lowest BCUT2D eigenvalue weighted by Gasteiger charge is -2.25. The third kappa shape index (κ3) is 3.57. The van der Waals surface area contributed by atoms with Crippen LogP contribution in [0.3, 0.4) is 0 Å². The Labute approximate surface area is 180 Å². The number of rotatable bonds is 4. The molecule has 6 heteroatoms. The van der Waals surface area contributed by atoms with E-state index < -0.39 is 17.7 Å². The number of aliphatic hydroxyl groups excluding tert-OH is 1. The van der Waals surface area contributed by atoms with Crippen LogP contribution in [0.4, 0.5) is 5.69 Å². The fourth-order valence-electron chi connectivity index (χ4n) is 3.84. The van der Waals surface area contributed by atoms with Crippen LogP contribution in [0.25, 0.3) is 5.76 Å². The molecular weight excluding hydrogens is 392 g/mol. The van der Waals surface area contributed by atoms with Crippen molar-refractivity contribution in [2.24, 2.45) is 0 Å². The minimum atomic E-state index is -0.781. The van der Waals surface area contributed by atoms with Gasteiger partial charge in [-0.25, -0.2) is 0 Å². The molecule has 156 valence electrons. The predicted octanol–water partition coefficient (Wildman–Crippen LogP) is 4.33. The first-order chi connectivity index (χ1) is 14.9. The number of nitrogens with zero attached hydrogens (tertiary/aromatic N) is 2. The van der Waals surface area contributed by atoms with Crippen LogP contribution in [0.15, 0.2) is 72.6 Å². The van der Waals surface area contributed by atoms with Gasteiger partial charge >= 0.3 is 0 Å². The lowest BCUT2D eigenvalue weighted by molar-refractivity contribution is -0.132. The first kappa shape index (κ1) is 20.3. The molecule has 1 unspecified atom stereocenters. The standard InChI is InChI=1S/C25H22N2O4/c1-15-4-5-16(2)20(14-15)23(28)21-22(17-10-12-26-13-11-17)27(25(30)24(21)29)18-6-8-19(31-3)9-7-18/h4-14,22,28H,1-3H3/b23-21+. The fourth-order valence-corrected chi connectivity index (χ4v) is 3.84. The highest BCUT2D eigenvalue weighted by atomic mass is 16.5. The minimum absolute atomic E-state index is 0.0562. The van der Waals surface area contributed by atoms with Gasteiger partial charge in [0.15, 0.2) is 0 Å². The third-order valence-electron chi connectivity index (χ3n) is 5.47. The number of methoxy groups -OCH3 is 1. The molecule has 1 aromatic heterocycles. The lowest BCUT2D eigenvalue weighted by atomic mass is 9.93.